The molecule has 2 aromatic carbocycles. The van der Waals surface area contributed by atoms with Crippen LogP contribution in [0.15, 0.2) is 47.6 Å². The highest BCUT2D eigenvalue weighted by Gasteiger charge is 2.12. The molecule has 0 saturated heterocycles. The molecule has 0 fully saturated rings. The Balaban J connectivity index is 1.88. The van der Waals surface area contributed by atoms with E-state index in [1.807, 2.05) is 18.2 Å². The predicted molar refractivity (Wildman–Crippen MR) is 109 cm³/mol. The van der Waals surface area contributed by atoms with E-state index in [-0.39, 0.29) is 4.77 Å². The van der Waals surface area contributed by atoms with Gasteiger partial charge in [0.15, 0.2) is 17.3 Å². The van der Waals surface area contributed by atoms with Crippen molar-refractivity contribution in [2.45, 2.75) is 19.8 Å². The third kappa shape index (κ3) is 4.45. The number of nitrogens with zero attached hydrogens (tertiary/aromatic N) is 3. The zero-order chi connectivity index (χ0) is 19.9. The van der Waals surface area contributed by atoms with E-state index < -0.39 is 5.82 Å². The molecule has 1 aromatic heterocycles. The minimum atomic E-state index is -0.400. The van der Waals surface area contributed by atoms with E-state index in [2.05, 4.69) is 22.2 Å². The molecule has 1 N–H and O–H groups in total. The van der Waals surface area contributed by atoms with Crippen LogP contribution in [0, 0.1) is 10.6 Å². The van der Waals surface area contributed by atoms with Crippen molar-refractivity contribution in [2.24, 2.45) is 5.10 Å². The smallest absolute Gasteiger partial charge is 0.216 e. The van der Waals surface area contributed by atoms with Gasteiger partial charge in [0.2, 0.25) is 4.77 Å². The quantitative estimate of drug-likeness (QED) is 0.335. The SMILES string of the molecule is CCCCOc1ccc(/C=N\n2c(-c3ccccc3F)n[nH]c2=S)cc1OC. The molecule has 146 valence electrons. The molecule has 1 heterocycles. The second-order valence-corrected chi connectivity index (χ2v) is 6.39. The Kier molecular flexibility index (Phi) is 6.54. The van der Waals surface area contributed by atoms with E-state index in [1.54, 1.807) is 31.5 Å². The molecular formula is C20H21FN4O2S. The normalized spacial score (nSPS) is 11.1. The molecule has 3 rings (SSSR count). The molecular weight excluding hydrogens is 379 g/mol. The molecule has 0 spiro atoms. The van der Waals surface area contributed by atoms with Crippen molar-refractivity contribution in [2.75, 3.05) is 13.7 Å². The summed E-state index contributed by atoms with van der Waals surface area (Å²) in [5, 5.41) is 11.1. The van der Waals surface area contributed by atoms with Crippen LogP contribution < -0.4 is 9.47 Å². The highest BCUT2D eigenvalue weighted by molar-refractivity contribution is 7.71. The van der Waals surface area contributed by atoms with Crippen molar-refractivity contribution in [1.29, 1.82) is 0 Å². The van der Waals surface area contributed by atoms with Crippen molar-refractivity contribution in [1.82, 2.24) is 14.9 Å². The van der Waals surface area contributed by atoms with Crippen molar-refractivity contribution in [3.8, 4) is 22.9 Å². The molecule has 0 aliphatic rings. The molecule has 3 aromatic rings. The van der Waals surface area contributed by atoms with Gasteiger partial charge >= 0.3 is 0 Å². The minimum Gasteiger partial charge on any atom is -0.493 e. The van der Waals surface area contributed by atoms with Gasteiger partial charge in [-0.1, -0.05) is 25.5 Å². The highest BCUT2D eigenvalue weighted by atomic mass is 32.1. The van der Waals surface area contributed by atoms with E-state index in [1.165, 1.54) is 10.7 Å². The summed E-state index contributed by atoms with van der Waals surface area (Å²) >= 11 is 5.22. The summed E-state index contributed by atoms with van der Waals surface area (Å²) in [5.74, 6) is 1.19. The van der Waals surface area contributed by atoms with Crippen LogP contribution in [0.2, 0.25) is 0 Å². The van der Waals surface area contributed by atoms with Gasteiger partial charge in [-0.25, -0.2) is 9.49 Å². The lowest BCUT2D eigenvalue weighted by Gasteiger charge is -2.10. The molecule has 0 unspecified atom stereocenters. The van der Waals surface area contributed by atoms with Gasteiger partial charge in [0.25, 0.3) is 0 Å². The van der Waals surface area contributed by atoms with E-state index in [9.17, 15) is 4.39 Å². The number of ether oxygens (including phenoxy) is 2. The van der Waals surface area contributed by atoms with E-state index in [0.717, 1.165) is 18.4 Å². The summed E-state index contributed by atoms with van der Waals surface area (Å²) in [6.45, 7) is 2.74. The summed E-state index contributed by atoms with van der Waals surface area (Å²) in [6.07, 6.45) is 3.64. The first-order chi connectivity index (χ1) is 13.6. The summed E-state index contributed by atoms with van der Waals surface area (Å²) in [7, 11) is 1.59. The zero-order valence-corrected chi connectivity index (χ0v) is 16.5. The lowest BCUT2D eigenvalue weighted by molar-refractivity contribution is 0.288. The van der Waals surface area contributed by atoms with Crippen LogP contribution in [-0.4, -0.2) is 34.8 Å². The van der Waals surface area contributed by atoms with Crippen molar-refractivity contribution >= 4 is 18.4 Å². The number of benzene rings is 2. The summed E-state index contributed by atoms with van der Waals surface area (Å²) in [6, 6.07) is 11.8. The van der Waals surface area contributed by atoms with Gasteiger partial charge < -0.3 is 9.47 Å². The summed E-state index contributed by atoms with van der Waals surface area (Å²) in [5.41, 5.74) is 1.09. The average Bonchev–Trinajstić information content (AvgIpc) is 3.07. The van der Waals surface area contributed by atoms with Gasteiger partial charge in [0, 0.05) is 0 Å². The topological polar surface area (TPSA) is 64.4 Å². The first kappa shape index (κ1) is 19.8. The number of rotatable bonds is 8. The van der Waals surface area contributed by atoms with Crippen LogP contribution in [-0.2, 0) is 0 Å². The largest absolute Gasteiger partial charge is 0.493 e. The van der Waals surface area contributed by atoms with Crippen molar-refractivity contribution in [3.63, 3.8) is 0 Å². The first-order valence-corrected chi connectivity index (χ1v) is 9.32. The molecule has 0 atom stereocenters. The fourth-order valence-electron chi connectivity index (χ4n) is 2.55. The molecule has 0 aliphatic carbocycles. The number of unbranched alkanes of at least 4 members (excludes halogenated alkanes) is 1. The van der Waals surface area contributed by atoms with Crippen molar-refractivity contribution in [3.05, 3.63) is 58.6 Å². The van der Waals surface area contributed by atoms with E-state index >= 15 is 0 Å². The Bertz CT molecular complexity index is 1030. The Morgan fingerprint density at radius 3 is 2.82 bits per heavy atom. The monoisotopic (exact) mass is 400 g/mol. The molecule has 0 radical (unpaired) electrons. The maximum atomic E-state index is 14.1. The van der Waals surface area contributed by atoms with Crippen LogP contribution in [0.5, 0.6) is 11.5 Å². The number of hydrogen-bond acceptors (Lipinski definition) is 5. The fourth-order valence-corrected chi connectivity index (χ4v) is 2.73. The molecule has 0 saturated carbocycles. The Hall–Kier alpha value is -3.00. The van der Waals surface area contributed by atoms with Gasteiger partial charge in [-0.3, -0.25) is 0 Å². The van der Waals surface area contributed by atoms with Crippen LogP contribution in [0.4, 0.5) is 4.39 Å². The number of aromatic nitrogens is 3. The number of hydrogen-bond donors (Lipinski definition) is 1. The lowest BCUT2D eigenvalue weighted by Crippen LogP contribution is -2.00. The first-order valence-electron chi connectivity index (χ1n) is 8.91. The fraction of sp³-hybridized carbons (Fsp3) is 0.250. The molecule has 0 amide bonds. The van der Waals surface area contributed by atoms with Gasteiger partial charge in [-0.15, -0.1) is 0 Å². The van der Waals surface area contributed by atoms with Crippen LogP contribution in [0.25, 0.3) is 11.4 Å². The third-order valence-electron chi connectivity index (χ3n) is 4.03. The molecule has 6 nitrogen and oxygen atoms in total. The van der Waals surface area contributed by atoms with Gasteiger partial charge in [-0.2, -0.15) is 14.9 Å². The van der Waals surface area contributed by atoms with E-state index in [0.29, 0.717) is 29.5 Å². The summed E-state index contributed by atoms with van der Waals surface area (Å²) in [4.78, 5) is 0. The number of nitrogens with one attached hydrogen (secondary N) is 1. The maximum absolute atomic E-state index is 14.1. The highest BCUT2D eigenvalue weighted by Crippen LogP contribution is 2.28. The number of aromatic amines is 1. The molecule has 0 aliphatic heterocycles. The van der Waals surface area contributed by atoms with Crippen LogP contribution >= 0.6 is 12.2 Å². The third-order valence-corrected chi connectivity index (χ3v) is 4.29. The van der Waals surface area contributed by atoms with Crippen LogP contribution in [0.1, 0.15) is 25.3 Å². The molecule has 0 bridgehead atoms. The summed E-state index contributed by atoms with van der Waals surface area (Å²) < 4.78 is 26.9. The van der Waals surface area contributed by atoms with Gasteiger partial charge in [-0.05, 0) is 54.5 Å². The van der Waals surface area contributed by atoms with E-state index in [4.69, 9.17) is 21.7 Å². The zero-order valence-electron chi connectivity index (χ0n) is 15.7. The number of H-pyrrole nitrogens is 1. The Morgan fingerprint density at radius 2 is 2.07 bits per heavy atom. The van der Waals surface area contributed by atoms with Gasteiger partial charge in [0.05, 0.1) is 25.5 Å². The standard InChI is InChI=1S/C20H21FN4O2S/c1-3-4-11-27-17-10-9-14(12-18(17)26-2)13-22-25-19(23-24-20(25)28)15-7-5-6-8-16(15)21/h5-10,12-13H,3-4,11H2,1-2H3,(H,24,28)/b22-13-. The number of halogens is 1. The Labute approximate surface area is 167 Å². The Morgan fingerprint density at radius 1 is 1.25 bits per heavy atom. The maximum Gasteiger partial charge on any atom is 0.216 e. The lowest BCUT2D eigenvalue weighted by atomic mass is 10.2. The molecule has 8 heteroatoms. The second kappa shape index (κ2) is 9.27. The van der Waals surface area contributed by atoms with Gasteiger partial charge in [0.1, 0.15) is 5.82 Å². The second-order valence-electron chi connectivity index (χ2n) is 6.00. The van der Waals surface area contributed by atoms with Crippen molar-refractivity contribution < 1.29 is 13.9 Å². The average molecular weight is 400 g/mol. The predicted octanol–water partition coefficient (Wildman–Crippen LogP) is 4.82. The number of methoxy groups -OCH3 is 1. The molecule has 28 heavy (non-hydrogen) atoms. The minimum absolute atomic E-state index is 0.265. The van der Waals surface area contributed by atoms with Crippen LogP contribution in [0.3, 0.4) is 0 Å².